The van der Waals surface area contributed by atoms with Gasteiger partial charge in [0, 0.05) is 30.6 Å². The van der Waals surface area contributed by atoms with Crippen molar-refractivity contribution in [1.82, 2.24) is 13.6 Å². The largest absolute Gasteiger partial charge is 0.463 e. The third-order valence-corrected chi connectivity index (χ3v) is 5.79. The molecule has 22 heavy (non-hydrogen) atoms. The monoisotopic (exact) mass is 309 g/mol. The summed E-state index contributed by atoms with van der Waals surface area (Å²) < 4.78 is 14.7. The van der Waals surface area contributed by atoms with Crippen LogP contribution in [0, 0.1) is 23.7 Å². The Labute approximate surface area is 133 Å². The fourth-order valence-corrected chi connectivity index (χ4v) is 4.88. The predicted octanol–water partition coefficient (Wildman–Crippen LogP) is 1.78. The summed E-state index contributed by atoms with van der Waals surface area (Å²) in [4.78, 5) is 2.54. The van der Waals surface area contributed by atoms with Crippen molar-refractivity contribution in [2.45, 2.75) is 5.41 Å². The number of nitrogens with zero attached hydrogens (tertiary/aromatic N) is 3. The van der Waals surface area contributed by atoms with Crippen molar-refractivity contribution in [2.75, 3.05) is 26.2 Å². The molecule has 3 aliphatic heterocycles. The van der Waals surface area contributed by atoms with Crippen molar-refractivity contribution in [3.63, 3.8) is 0 Å². The third kappa shape index (κ3) is 1.68. The Morgan fingerprint density at radius 3 is 2.77 bits per heavy atom. The van der Waals surface area contributed by atoms with Crippen LogP contribution in [0.15, 0.2) is 30.3 Å². The van der Waals surface area contributed by atoms with E-state index in [-0.39, 0.29) is 5.41 Å². The van der Waals surface area contributed by atoms with Crippen LogP contribution in [0.4, 0.5) is 0 Å². The molecule has 3 saturated heterocycles. The lowest BCUT2D eigenvalue weighted by molar-refractivity contribution is 0.348. The first-order valence-corrected chi connectivity index (χ1v) is 8.33. The van der Waals surface area contributed by atoms with Gasteiger partial charge in [-0.05, 0) is 24.0 Å². The van der Waals surface area contributed by atoms with Crippen molar-refractivity contribution in [2.24, 2.45) is 11.8 Å². The van der Waals surface area contributed by atoms with Crippen LogP contribution in [0.25, 0.3) is 0 Å². The minimum absolute atomic E-state index is 0.259. The standard InChI is InChI=1S/C17H15N3OS/c1-2-5-12(6-3-1)7-4-8-21-16-15(18-22-19-16)17-11-20-9-13(17)14(17)10-20/h1-3,5-6,13-14H,8-11H2/t13-,14+,17?. The zero-order chi connectivity index (χ0) is 14.6. The van der Waals surface area contributed by atoms with Crippen LogP contribution in [0.5, 0.6) is 5.88 Å². The maximum absolute atomic E-state index is 5.81. The van der Waals surface area contributed by atoms with E-state index in [2.05, 4.69) is 25.5 Å². The molecule has 4 nitrogen and oxygen atoms in total. The summed E-state index contributed by atoms with van der Waals surface area (Å²) in [5.74, 6) is 8.45. The van der Waals surface area contributed by atoms with E-state index in [4.69, 9.17) is 4.74 Å². The van der Waals surface area contributed by atoms with Gasteiger partial charge < -0.3 is 9.64 Å². The molecule has 2 unspecified atom stereocenters. The highest BCUT2D eigenvalue weighted by Gasteiger charge is 2.76. The van der Waals surface area contributed by atoms with Gasteiger partial charge in [0.2, 0.25) is 0 Å². The number of hydrogen-bond acceptors (Lipinski definition) is 5. The van der Waals surface area contributed by atoms with Gasteiger partial charge in [-0.2, -0.15) is 4.37 Å². The van der Waals surface area contributed by atoms with E-state index in [1.54, 1.807) is 0 Å². The molecule has 1 aliphatic carbocycles. The molecule has 4 atom stereocenters. The van der Waals surface area contributed by atoms with E-state index in [0.29, 0.717) is 12.5 Å². The summed E-state index contributed by atoms with van der Waals surface area (Å²) in [6.45, 7) is 3.97. The van der Waals surface area contributed by atoms with Crippen molar-refractivity contribution in [1.29, 1.82) is 0 Å². The zero-order valence-corrected chi connectivity index (χ0v) is 12.8. The van der Waals surface area contributed by atoms with Crippen LogP contribution in [0.2, 0.25) is 0 Å². The first kappa shape index (κ1) is 12.6. The number of benzene rings is 1. The van der Waals surface area contributed by atoms with Crippen molar-refractivity contribution in [3.8, 4) is 17.7 Å². The summed E-state index contributed by atoms with van der Waals surface area (Å²) in [7, 11) is 0. The van der Waals surface area contributed by atoms with Crippen molar-refractivity contribution < 1.29 is 4.74 Å². The molecule has 0 amide bonds. The second-order valence-corrected chi connectivity index (χ2v) is 6.85. The van der Waals surface area contributed by atoms with Crippen LogP contribution in [-0.4, -0.2) is 39.9 Å². The van der Waals surface area contributed by atoms with Crippen molar-refractivity contribution in [3.05, 3.63) is 41.6 Å². The zero-order valence-electron chi connectivity index (χ0n) is 12.0. The fourth-order valence-electron chi connectivity index (χ4n) is 4.30. The SMILES string of the molecule is C(#Cc1ccccc1)COc1nsnc1C12CN3C[C@@H]1[C@@H]2C3. The van der Waals surface area contributed by atoms with Gasteiger partial charge in [-0.3, -0.25) is 0 Å². The van der Waals surface area contributed by atoms with Crippen LogP contribution >= 0.6 is 11.7 Å². The summed E-state index contributed by atoms with van der Waals surface area (Å²) in [5.41, 5.74) is 2.36. The lowest BCUT2D eigenvalue weighted by Gasteiger charge is -2.09. The van der Waals surface area contributed by atoms with Crippen LogP contribution < -0.4 is 4.74 Å². The maximum atomic E-state index is 5.81. The van der Waals surface area contributed by atoms with E-state index in [1.165, 1.54) is 24.8 Å². The van der Waals surface area contributed by atoms with Crippen LogP contribution in [-0.2, 0) is 5.41 Å². The van der Waals surface area contributed by atoms with Crippen LogP contribution in [0.1, 0.15) is 11.3 Å². The minimum Gasteiger partial charge on any atom is -0.463 e. The maximum Gasteiger partial charge on any atom is 0.250 e. The summed E-state index contributed by atoms with van der Waals surface area (Å²) in [6.07, 6.45) is 0. The van der Waals surface area contributed by atoms with Gasteiger partial charge in [-0.15, -0.1) is 4.37 Å². The molecule has 4 fully saturated rings. The summed E-state index contributed by atoms with van der Waals surface area (Å²) in [6, 6.07) is 9.96. The molecule has 4 heterocycles. The molecular weight excluding hydrogens is 294 g/mol. The second-order valence-electron chi connectivity index (χ2n) is 6.32. The van der Waals surface area contributed by atoms with Crippen molar-refractivity contribution >= 4 is 11.7 Å². The normalized spacial score (nSPS) is 33.4. The fraction of sp³-hybridized carbons (Fsp3) is 0.412. The Morgan fingerprint density at radius 1 is 1.23 bits per heavy atom. The van der Waals surface area contributed by atoms with E-state index < -0.39 is 0 Å². The number of hydrogen-bond donors (Lipinski definition) is 0. The smallest absolute Gasteiger partial charge is 0.250 e. The highest BCUT2D eigenvalue weighted by atomic mass is 32.1. The average molecular weight is 309 g/mol. The number of rotatable bonds is 3. The van der Waals surface area contributed by atoms with E-state index in [9.17, 15) is 0 Å². The molecule has 1 saturated carbocycles. The van der Waals surface area contributed by atoms with E-state index in [1.807, 2.05) is 30.3 Å². The minimum atomic E-state index is 0.259. The first-order chi connectivity index (χ1) is 10.9. The van der Waals surface area contributed by atoms with Gasteiger partial charge in [-0.1, -0.05) is 30.0 Å². The predicted molar refractivity (Wildman–Crippen MR) is 83.8 cm³/mol. The van der Waals surface area contributed by atoms with Gasteiger partial charge in [0.25, 0.3) is 5.88 Å². The van der Waals surface area contributed by atoms with Gasteiger partial charge in [0.1, 0.15) is 5.69 Å². The highest BCUT2D eigenvalue weighted by Crippen LogP contribution is 2.70. The topological polar surface area (TPSA) is 38.3 Å². The first-order valence-electron chi connectivity index (χ1n) is 7.60. The highest BCUT2D eigenvalue weighted by molar-refractivity contribution is 6.99. The Kier molecular flexibility index (Phi) is 2.61. The Balaban J connectivity index is 1.30. The molecular formula is C17H15N3OS. The quantitative estimate of drug-likeness (QED) is 0.810. The summed E-state index contributed by atoms with van der Waals surface area (Å²) >= 11 is 1.26. The molecule has 2 aromatic rings. The average Bonchev–Trinajstić information content (AvgIpc) is 3.15. The molecule has 6 rings (SSSR count). The Hall–Kier alpha value is -1.90. The molecule has 4 bridgehead atoms. The number of aromatic nitrogens is 2. The summed E-state index contributed by atoms with van der Waals surface area (Å²) in [5, 5.41) is 0. The molecule has 1 aromatic carbocycles. The Bertz CT molecular complexity index is 764. The molecule has 0 spiro atoms. The van der Waals surface area contributed by atoms with E-state index in [0.717, 1.165) is 29.6 Å². The van der Waals surface area contributed by atoms with E-state index >= 15 is 0 Å². The van der Waals surface area contributed by atoms with Gasteiger partial charge >= 0.3 is 0 Å². The molecule has 110 valence electrons. The van der Waals surface area contributed by atoms with Gasteiger partial charge in [0.05, 0.1) is 11.7 Å². The molecule has 0 radical (unpaired) electrons. The van der Waals surface area contributed by atoms with Gasteiger partial charge in [-0.25, -0.2) is 0 Å². The lowest BCUT2D eigenvalue weighted by Crippen LogP contribution is -2.17. The third-order valence-electron chi connectivity index (χ3n) is 5.28. The molecule has 0 N–H and O–H groups in total. The van der Waals surface area contributed by atoms with Crippen LogP contribution in [0.3, 0.4) is 0 Å². The second kappa shape index (κ2) is 4.55. The molecule has 4 aliphatic rings. The lowest BCUT2D eigenvalue weighted by atomic mass is 10.0. The van der Waals surface area contributed by atoms with Gasteiger partial charge in [0.15, 0.2) is 6.61 Å². The molecule has 5 heteroatoms. The number of piperidine rings is 3. The number of ether oxygens (including phenoxy) is 1. The molecule has 1 aromatic heterocycles. The Morgan fingerprint density at radius 2 is 2.05 bits per heavy atom.